The van der Waals surface area contributed by atoms with Crippen molar-refractivity contribution in [1.29, 1.82) is 0 Å². The molecule has 0 saturated carbocycles. The van der Waals surface area contributed by atoms with Crippen LogP contribution in [0.5, 0.6) is 0 Å². The number of aliphatic hydroxyl groups is 1. The number of hydrogen-bond acceptors (Lipinski definition) is 4. The number of aliphatic hydroxyl groups excluding tert-OH is 1. The fourth-order valence-corrected chi connectivity index (χ4v) is 0.729. The number of alkyl carbamates (subject to hydrolysis) is 1. The fourth-order valence-electron chi connectivity index (χ4n) is 0.729. The van der Waals surface area contributed by atoms with E-state index in [9.17, 15) is 9.90 Å². The molecule has 0 aliphatic carbocycles. The largest absolute Gasteiger partial charge is 0.444 e. The Bertz CT molecular complexity index is 199. The Balaban J connectivity index is 3.69. The van der Waals surface area contributed by atoms with Crippen molar-refractivity contribution in [2.24, 2.45) is 4.99 Å². The van der Waals surface area contributed by atoms with Gasteiger partial charge in [0.15, 0.2) is 0 Å². The summed E-state index contributed by atoms with van der Waals surface area (Å²) in [6.07, 6.45) is -1.25. The van der Waals surface area contributed by atoms with Gasteiger partial charge < -0.3 is 15.2 Å². The zero-order valence-corrected chi connectivity index (χ0v) is 8.91. The number of rotatable bonds is 4. The first-order valence-electron chi connectivity index (χ1n) is 4.42. The molecule has 0 radical (unpaired) electrons. The first kappa shape index (κ1) is 12.9. The zero-order valence-electron chi connectivity index (χ0n) is 8.91. The van der Waals surface area contributed by atoms with E-state index in [-0.39, 0.29) is 13.1 Å². The van der Waals surface area contributed by atoms with Crippen molar-refractivity contribution in [1.82, 2.24) is 5.32 Å². The Labute approximate surface area is 84.2 Å². The minimum Gasteiger partial charge on any atom is -0.444 e. The number of amides is 1. The van der Waals surface area contributed by atoms with Gasteiger partial charge in [0, 0.05) is 6.54 Å². The van der Waals surface area contributed by atoms with Gasteiger partial charge in [0.2, 0.25) is 0 Å². The van der Waals surface area contributed by atoms with E-state index in [1.807, 2.05) is 0 Å². The summed E-state index contributed by atoms with van der Waals surface area (Å²) in [6.45, 7) is 8.87. The van der Waals surface area contributed by atoms with Crippen LogP contribution in [0.15, 0.2) is 4.99 Å². The lowest BCUT2D eigenvalue weighted by molar-refractivity contribution is 0.0495. The van der Waals surface area contributed by atoms with Crippen LogP contribution in [0.3, 0.4) is 0 Å². The van der Waals surface area contributed by atoms with E-state index in [0.717, 1.165) is 0 Å². The standard InChI is InChI=1S/C9H18N2O3/c1-9(2,3)14-8(13)11-6-7(12)5-10-4/h7,12H,4-6H2,1-3H3,(H,11,13). The molecule has 0 aromatic heterocycles. The molecule has 1 atom stereocenters. The van der Waals surface area contributed by atoms with Crippen LogP contribution in [0.1, 0.15) is 20.8 Å². The topological polar surface area (TPSA) is 70.9 Å². The van der Waals surface area contributed by atoms with Crippen molar-refractivity contribution >= 4 is 12.8 Å². The molecule has 5 heteroatoms. The summed E-state index contributed by atoms with van der Waals surface area (Å²) in [5.41, 5.74) is -0.522. The number of aliphatic imine (C=N–C) groups is 1. The number of nitrogens with one attached hydrogen (secondary N) is 1. The van der Waals surface area contributed by atoms with Crippen molar-refractivity contribution in [3.8, 4) is 0 Å². The molecule has 1 amide bonds. The molecule has 2 N–H and O–H groups in total. The average molecular weight is 202 g/mol. The van der Waals surface area contributed by atoms with E-state index in [1.165, 1.54) is 0 Å². The highest BCUT2D eigenvalue weighted by Crippen LogP contribution is 2.06. The van der Waals surface area contributed by atoms with E-state index in [4.69, 9.17) is 4.74 Å². The van der Waals surface area contributed by atoms with Crippen LogP contribution in [-0.2, 0) is 4.74 Å². The first-order valence-corrected chi connectivity index (χ1v) is 4.42. The maximum absolute atomic E-state index is 11.1. The predicted molar refractivity (Wildman–Crippen MR) is 54.7 cm³/mol. The van der Waals surface area contributed by atoms with Gasteiger partial charge in [0.25, 0.3) is 0 Å². The van der Waals surface area contributed by atoms with E-state index in [2.05, 4.69) is 17.0 Å². The van der Waals surface area contributed by atoms with Crippen LogP contribution in [0.4, 0.5) is 4.79 Å². The third-order valence-electron chi connectivity index (χ3n) is 1.22. The molecule has 14 heavy (non-hydrogen) atoms. The smallest absolute Gasteiger partial charge is 0.407 e. The van der Waals surface area contributed by atoms with Gasteiger partial charge in [0.05, 0.1) is 12.6 Å². The van der Waals surface area contributed by atoms with E-state index >= 15 is 0 Å². The van der Waals surface area contributed by atoms with Crippen LogP contribution in [0.25, 0.3) is 0 Å². The number of carbonyl (C=O) groups excluding carboxylic acids is 1. The maximum atomic E-state index is 11.1. The number of carbonyl (C=O) groups is 1. The zero-order chi connectivity index (χ0) is 11.2. The SMILES string of the molecule is C=NCC(O)CNC(=O)OC(C)(C)C. The molecule has 0 aromatic carbocycles. The van der Waals surface area contributed by atoms with Gasteiger partial charge in [-0.15, -0.1) is 0 Å². The Hall–Kier alpha value is -1.10. The monoisotopic (exact) mass is 202 g/mol. The lowest BCUT2D eigenvalue weighted by atomic mass is 10.2. The third kappa shape index (κ3) is 7.54. The summed E-state index contributed by atoms with van der Waals surface area (Å²) < 4.78 is 4.96. The highest BCUT2D eigenvalue weighted by molar-refractivity contribution is 5.67. The lowest BCUT2D eigenvalue weighted by Crippen LogP contribution is -2.37. The van der Waals surface area contributed by atoms with Crippen molar-refractivity contribution in [2.75, 3.05) is 13.1 Å². The second kappa shape index (κ2) is 5.59. The molecule has 0 fully saturated rings. The molecule has 0 bridgehead atoms. The van der Waals surface area contributed by atoms with Gasteiger partial charge >= 0.3 is 6.09 Å². The average Bonchev–Trinajstić information content (AvgIpc) is 1.98. The van der Waals surface area contributed by atoms with Gasteiger partial charge in [-0.3, -0.25) is 4.99 Å². The molecular weight excluding hydrogens is 184 g/mol. The number of nitrogens with zero attached hydrogens (tertiary/aromatic N) is 1. The second-order valence-electron chi connectivity index (χ2n) is 3.94. The Morgan fingerprint density at radius 3 is 2.64 bits per heavy atom. The van der Waals surface area contributed by atoms with E-state index in [0.29, 0.717) is 0 Å². The molecule has 0 aromatic rings. The molecule has 0 aliphatic rings. The molecule has 82 valence electrons. The van der Waals surface area contributed by atoms with Gasteiger partial charge in [-0.05, 0) is 27.5 Å². The normalized spacial score (nSPS) is 13.1. The van der Waals surface area contributed by atoms with Crippen LogP contribution in [0.2, 0.25) is 0 Å². The highest BCUT2D eigenvalue weighted by Gasteiger charge is 2.16. The van der Waals surface area contributed by atoms with Gasteiger partial charge in [-0.1, -0.05) is 0 Å². The van der Waals surface area contributed by atoms with Crippen molar-refractivity contribution in [3.05, 3.63) is 0 Å². The molecule has 0 spiro atoms. The van der Waals surface area contributed by atoms with E-state index < -0.39 is 17.8 Å². The van der Waals surface area contributed by atoms with Gasteiger partial charge in [0.1, 0.15) is 5.60 Å². The van der Waals surface area contributed by atoms with Gasteiger partial charge in [-0.25, -0.2) is 4.79 Å². The second-order valence-corrected chi connectivity index (χ2v) is 3.94. The van der Waals surface area contributed by atoms with Crippen molar-refractivity contribution in [3.63, 3.8) is 0 Å². The van der Waals surface area contributed by atoms with Crippen LogP contribution < -0.4 is 5.32 Å². The molecule has 0 aliphatic heterocycles. The number of hydrogen-bond donors (Lipinski definition) is 2. The van der Waals surface area contributed by atoms with Gasteiger partial charge in [-0.2, -0.15) is 0 Å². The quantitative estimate of drug-likeness (QED) is 0.655. The fraction of sp³-hybridized carbons (Fsp3) is 0.778. The van der Waals surface area contributed by atoms with E-state index in [1.54, 1.807) is 20.8 Å². The van der Waals surface area contributed by atoms with Crippen LogP contribution in [0, 0.1) is 0 Å². The molecule has 1 unspecified atom stereocenters. The Kier molecular flexibility index (Phi) is 5.15. The Morgan fingerprint density at radius 1 is 1.64 bits per heavy atom. The predicted octanol–water partition coefficient (Wildman–Crippen LogP) is 0.573. The molecule has 5 nitrogen and oxygen atoms in total. The Morgan fingerprint density at radius 2 is 2.21 bits per heavy atom. The first-order chi connectivity index (χ1) is 6.35. The van der Waals surface area contributed by atoms with Crippen LogP contribution in [-0.4, -0.2) is 42.7 Å². The molecule has 0 rings (SSSR count). The molecule has 0 heterocycles. The summed E-state index contributed by atoms with van der Waals surface area (Å²) in [6, 6.07) is 0. The van der Waals surface area contributed by atoms with Crippen molar-refractivity contribution < 1.29 is 14.6 Å². The summed E-state index contributed by atoms with van der Waals surface area (Å²) >= 11 is 0. The van der Waals surface area contributed by atoms with Crippen molar-refractivity contribution in [2.45, 2.75) is 32.5 Å². The summed E-state index contributed by atoms with van der Waals surface area (Å²) in [7, 11) is 0. The lowest BCUT2D eigenvalue weighted by Gasteiger charge is -2.20. The van der Waals surface area contributed by atoms with Crippen LogP contribution >= 0.6 is 0 Å². The molecule has 0 saturated heterocycles. The third-order valence-corrected chi connectivity index (χ3v) is 1.22. The minimum absolute atomic E-state index is 0.119. The minimum atomic E-state index is -0.708. The summed E-state index contributed by atoms with van der Waals surface area (Å²) in [5, 5.41) is 11.6. The summed E-state index contributed by atoms with van der Waals surface area (Å²) in [5.74, 6) is 0. The maximum Gasteiger partial charge on any atom is 0.407 e. The summed E-state index contributed by atoms with van der Waals surface area (Å²) in [4.78, 5) is 14.6. The number of ether oxygens (including phenoxy) is 1. The highest BCUT2D eigenvalue weighted by atomic mass is 16.6. The molecular formula is C9H18N2O3.